The van der Waals surface area contributed by atoms with Crippen LogP contribution in [0.1, 0.15) is 32.1 Å². The van der Waals surface area contributed by atoms with Crippen LogP contribution in [0.4, 0.5) is 5.69 Å². The molecule has 1 N–H and O–H groups in total. The van der Waals surface area contributed by atoms with Crippen LogP contribution >= 0.6 is 0 Å². The topological polar surface area (TPSA) is 80.6 Å². The van der Waals surface area contributed by atoms with Crippen molar-refractivity contribution in [2.24, 2.45) is 0 Å². The third-order valence-corrected chi connectivity index (χ3v) is 4.79. The lowest BCUT2D eigenvalue weighted by molar-refractivity contribution is -0.119. The molecule has 0 atom stereocenters. The molecule has 7 nitrogen and oxygen atoms in total. The number of ether oxygens (including phenoxy) is 1. The lowest BCUT2D eigenvalue weighted by Crippen LogP contribution is -2.22. The predicted octanol–water partition coefficient (Wildman–Crippen LogP) is 3.59. The molecule has 2 amide bonds. The van der Waals surface area contributed by atoms with Gasteiger partial charge in [-0.15, -0.1) is 0 Å². The average molecular weight is 419 g/mol. The maximum atomic E-state index is 12.3. The van der Waals surface area contributed by atoms with Gasteiger partial charge in [-0.3, -0.25) is 9.59 Å². The molecule has 0 saturated carbocycles. The zero-order valence-corrected chi connectivity index (χ0v) is 18.0. The average Bonchev–Trinajstić information content (AvgIpc) is 3.10. The van der Waals surface area contributed by atoms with E-state index in [-0.39, 0.29) is 5.91 Å². The lowest BCUT2D eigenvalue weighted by Gasteiger charge is -2.11. The van der Waals surface area contributed by atoms with E-state index in [0.29, 0.717) is 16.8 Å². The summed E-state index contributed by atoms with van der Waals surface area (Å²) in [5.74, 6) is -1.16. The third kappa shape index (κ3) is 5.19. The summed E-state index contributed by atoms with van der Waals surface area (Å²) in [5, 5.41) is 2.64. The molecule has 1 heterocycles. The monoisotopic (exact) mass is 419 g/mol. The highest BCUT2D eigenvalue weighted by Crippen LogP contribution is 2.17. The number of hydrogen-bond acceptors (Lipinski definition) is 4. The van der Waals surface area contributed by atoms with Gasteiger partial charge < -0.3 is 19.5 Å². The molecular weight excluding hydrogens is 394 g/mol. The number of esters is 1. The van der Waals surface area contributed by atoms with E-state index in [2.05, 4.69) is 9.88 Å². The van der Waals surface area contributed by atoms with Gasteiger partial charge in [0, 0.05) is 42.4 Å². The lowest BCUT2D eigenvalue weighted by atomic mass is 10.2. The summed E-state index contributed by atoms with van der Waals surface area (Å²) in [6.07, 6.45) is 0. The molecule has 3 rings (SSSR count). The molecule has 3 aromatic rings. The van der Waals surface area contributed by atoms with Crippen molar-refractivity contribution < 1.29 is 19.1 Å². The second-order valence-electron chi connectivity index (χ2n) is 7.40. The van der Waals surface area contributed by atoms with E-state index in [4.69, 9.17) is 4.74 Å². The molecule has 160 valence electrons. The van der Waals surface area contributed by atoms with Crippen LogP contribution in [0, 0.1) is 13.8 Å². The van der Waals surface area contributed by atoms with Crippen LogP contribution in [-0.4, -0.2) is 48.0 Å². The van der Waals surface area contributed by atoms with Crippen LogP contribution in [0.15, 0.2) is 60.7 Å². The number of carbonyl (C=O) groups excluding carboxylic acids is 3. The summed E-state index contributed by atoms with van der Waals surface area (Å²) in [5.41, 5.74) is 4.55. The number of benzene rings is 2. The van der Waals surface area contributed by atoms with E-state index in [0.717, 1.165) is 17.1 Å². The number of aromatic nitrogens is 1. The molecule has 0 aliphatic rings. The van der Waals surface area contributed by atoms with Gasteiger partial charge in [-0.05, 0) is 74.5 Å². The highest BCUT2D eigenvalue weighted by Gasteiger charge is 2.12. The van der Waals surface area contributed by atoms with Crippen molar-refractivity contribution in [2.75, 3.05) is 26.0 Å². The molecule has 0 unspecified atom stereocenters. The first-order valence-corrected chi connectivity index (χ1v) is 9.80. The Kier molecular flexibility index (Phi) is 6.55. The van der Waals surface area contributed by atoms with E-state index in [1.54, 1.807) is 50.5 Å². The number of carbonyl (C=O) groups is 3. The number of nitrogens with zero attached hydrogens (tertiary/aromatic N) is 2. The SMILES string of the molecule is Cc1ccc(C)n1-c1ccc(C(=O)OCC(=O)Nc2ccc(C(=O)N(C)C)cc2)cc1. The largest absolute Gasteiger partial charge is 0.452 e. The van der Waals surface area contributed by atoms with Gasteiger partial charge in [0.1, 0.15) is 0 Å². The normalized spacial score (nSPS) is 10.5. The molecule has 1 aromatic heterocycles. The minimum Gasteiger partial charge on any atom is -0.452 e. The summed E-state index contributed by atoms with van der Waals surface area (Å²) < 4.78 is 7.20. The quantitative estimate of drug-likeness (QED) is 0.619. The minimum absolute atomic E-state index is 0.125. The summed E-state index contributed by atoms with van der Waals surface area (Å²) >= 11 is 0. The van der Waals surface area contributed by atoms with E-state index >= 15 is 0 Å². The van der Waals surface area contributed by atoms with Gasteiger partial charge in [-0.2, -0.15) is 0 Å². The number of anilines is 1. The number of nitrogens with one attached hydrogen (secondary N) is 1. The predicted molar refractivity (Wildman–Crippen MR) is 119 cm³/mol. The highest BCUT2D eigenvalue weighted by molar-refractivity contribution is 5.97. The minimum atomic E-state index is -0.574. The van der Waals surface area contributed by atoms with Crippen molar-refractivity contribution in [3.8, 4) is 5.69 Å². The fourth-order valence-electron chi connectivity index (χ4n) is 3.19. The first-order chi connectivity index (χ1) is 14.8. The second kappa shape index (κ2) is 9.30. The Morgan fingerprint density at radius 2 is 1.39 bits per heavy atom. The molecule has 0 saturated heterocycles. The van der Waals surface area contributed by atoms with Crippen LogP contribution in [0.5, 0.6) is 0 Å². The van der Waals surface area contributed by atoms with Crippen molar-refractivity contribution in [3.05, 3.63) is 83.2 Å². The molecular formula is C24H25N3O4. The van der Waals surface area contributed by atoms with Crippen molar-refractivity contribution in [3.63, 3.8) is 0 Å². The first kappa shape index (κ1) is 21.8. The maximum Gasteiger partial charge on any atom is 0.338 e. The fourth-order valence-corrected chi connectivity index (χ4v) is 3.19. The Bertz CT molecular complexity index is 1080. The van der Waals surface area contributed by atoms with Crippen molar-refractivity contribution in [1.29, 1.82) is 0 Å². The molecule has 31 heavy (non-hydrogen) atoms. The smallest absolute Gasteiger partial charge is 0.338 e. The summed E-state index contributed by atoms with van der Waals surface area (Å²) in [6, 6.07) is 17.6. The number of amides is 2. The zero-order valence-electron chi connectivity index (χ0n) is 18.0. The molecule has 0 aliphatic heterocycles. The second-order valence-corrected chi connectivity index (χ2v) is 7.40. The van der Waals surface area contributed by atoms with Crippen molar-refractivity contribution in [1.82, 2.24) is 9.47 Å². The Balaban J connectivity index is 1.54. The molecule has 2 aromatic carbocycles. The van der Waals surface area contributed by atoms with Crippen LogP contribution in [-0.2, 0) is 9.53 Å². The van der Waals surface area contributed by atoms with Crippen LogP contribution in [0.3, 0.4) is 0 Å². The first-order valence-electron chi connectivity index (χ1n) is 9.80. The van der Waals surface area contributed by atoms with Crippen LogP contribution < -0.4 is 5.32 Å². The number of aryl methyl sites for hydroxylation is 2. The zero-order chi connectivity index (χ0) is 22.5. The van der Waals surface area contributed by atoms with Gasteiger partial charge in [0.05, 0.1) is 5.56 Å². The Morgan fingerprint density at radius 3 is 1.94 bits per heavy atom. The Labute approximate surface area is 181 Å². The molecule has 0 radical (unpaired) electrons. The maximum absolute atomic E-state index is 12.3. The molecule has 0 aliphatic carbocycles. The molecule has 0 spiro atoms. The van der Waals surface area contributed by atoms with E-state index < -0.39 is 18.5 Å². The van der Waals surface area contributed by atoms with Crippen LogP contribution in [0.25, 0.3) is 5.69 Å². The molecule has 7 heteroatoms. The summed E-state index contributed by atoms with van der Waals surface area (Å²) in [4.78, 5) is 37.7. The van der Waals surface area contributed by atoms with Gasteiger partial charge in [0.2, 0.25) is 0 Å². The van der Waals surface area contributed by atoms with Gasteiger partial charge in [0.25, 0.3) is 11.8 Å². The van der Waals surface area contributed by atoms with Gasteiger partial charge in [-0.25, -0.2) is 4.79 Å². The van der Waals surface area contributed by atoms with Crippen molar-refractivity contribution >= 4 is 23.5 Å². The number of rotatable bonds is 6. The van der Waals surface area contributed by atoms with Crippen molar-refractivity contribution in [2.45, 2.75) is 13.8 Å². The Morgan fingerprint density at radius 1 is 0.839 bits per heavy atom. The Hall–Kier alpha value is -3.87. The summed E-state index contributed by atoms with van der Waals surface area (Å²) in [6.45, 7) is 3.62. The van der Waals surface area contributed by atoms with Crippen LogP contribution in [0.2, 0.25) is 0 Å². The van der Waals surface area contributed by atoms with Gasteiger partial charge in [-0.1, -0.05) is 0 Å². The third-order valence-electron chi connectivity index (χ3n) is 4.79. The van der Waals surface area contributed by atoms with E-state index in [9.17, 15) is 14.4 Å². The fraction of sp³-hybridized carbons (Fsp3) is 0.208. The molecule has 0 fully saturated rings. The number of hydrogen-bond donors (Lipinski definition) is 1. The van der Waals surface area contributed by atoms with Gasteiger partial charge in [0.15, 0.2) is 6.61 Å². The highest BCUT2D eigenvalue weighted by atomic mass is 16.5. The van der Waals surface area contributed by atoms with E-state index in [1.807, 2.05) is 38.1 Å². The summed E-state index contributed by atoms with van der Waals surface area (Å²) in [7, 11) is 3.34. The van der Waals surface area contributed by atoms with Gasteiger partial charge >= 0.3 is 5.97 Å². The standard InChI is InChI=1S/C24H25N3O4/c1-16-5-6-17(2)27(16)21-13-9-19(10-14-21)24(30)31-15-22(28)25-20-11-7-18(8-12-20)23(29)26(3)4/h5-14H,15H2,1-4H3,(H,25,28). The van der Waals surface area contributed by atoms with E-state index in [1.165, 1.54) is 4.90 Å². The molecule has 0 bridgehead atoms.